The van der Waals surface area contributed by atoms with Crippen LogP contribution in [0.4, 0.5) is 4.39 Å². The zero-order valence-corrected chi connectivity index (χ0v) is 14.2. The normalized spacial score (nSPS) is 10.9. The summed E-state index contributed by atoms with van der Waals surface area (Å²) >= 11 is 3.20. The van der Waals surface area contributed by atoms with Crippen molar-refractivity contribution >= 4 is 23.5 Å². The molecule has 3 rings (SSSR count). The van der Waals surface area contributed by atoms with Crippen molar-refractivity contribution in [3.8, 4) is 11.5 Å². The van der Waals surface area contributed by atoms with Crippen molar-refractivity contribution in [3.05, 3.63) is 59.9 Å². The van der Waals surface area contributed by atoms with Crippen LogP contribution in [-0.4, -0.2) is 21.7 Å². The summed E-state index contributed by atoms with van der Waals surface area (Å²) in [5.74, 6) is 2.06. The van der Waals surface area contributed by atoms with E-state index in [2.05, 4.69) is 10.2 Å². The minimum absolute atomic E-state index is 0.210. The number of hydrogen-bond acceptors (Lipinski definition) is 5. The first-order valence-electron chi connectivity index (χ1n) is 7.12. The summed E-state index contributed by atoms with van der Waals surface area (Å²) in [5.41, 5.74) is 2.12. The largest absolute Gasteiger partial charge is 0.411 e. The number of hydrogen-bond donors (Lipinski definition) is 0. The Bertz CT molecular complexity index is 757. The standard InChI is InChI=1S/C17H15FN2OS2/c1-12-2-4-13(5-3-12)16-19-20-17(21-16)23-11-10-22-15-8-6-14(18)7-9-15/h2-9H,10-11H2,1H3. The number of nitrogens with zero attached hydrogens (tertiary/aromatic N) is 2. The maximum absolute atomic E-state index is 12.8. The number of rotatable bonds is 6. The molecule has 0 N–H and O–H groups in total. The maximum atomic E-state index is 12.8. The van der Waals surface area contributed by atoms with Gasteiger partial charge in [0, 0.05) is 22.0 Å². The fourth-order valence-electron chi connectivity index (χ4n) is 1.90. The van der Waals surface area contributed by atoms with Gasteiger partial charge in [-0.05, 0) is 43.3 Å². The Labute approximate surface area is 142 Å². The van der Waals surface area contributed by atoms with Gasteiger partial charge in [0.2, 0.25) is 5.89 Å². The second kappa shape index (κ2) is 7.66. The Kier molecular flexibility index (Phi) is 5.35. The number of benzene rings is 2. The van der Waals surface area contributed by atoms with Crippen molar-refractivity contribution in [2.45, 2.75) is 17.0 Å². The molecule has 118 valence electrons. The quantitative estimate of drug-likeness (QED) is 0.460. The molecule has 2 aromatic carbocycles. The third kappa shape index (κ3) is 4.59. The van der Waals surface area contributed by atoms with E-state index in [9.17, 15) is 4.39 Å². The molecular formula is C17H15FN2OS2. The fourth-order valence-corrected chi connectivity index (χ4v) is 3.54. The van der Waals surface area contributed by atoms with Crippen LogP contribution in [0.3, 0.4) is 0 Å². The van der Waals surface area contributed by atoms with Gasteiger partial charge in [0.1, 0.15) is 5.82 Å². The number of aromatic nitrogens is 2. The predicted octanol–water partition coefficient (Wildman–Crippen LogP) is 5.07. The zero-order chi connectivity index (χ0) is 16.1. The molecule has 0 aliphatic heterocycles. The molecule has 6 heteroatoms. The SMILES string of the molecule is Cc1ccc(-c2nnc(SCCSc3ccc(F)cc3)o2)cc1. The molecule has 0 spiro atoms. The van der Waals surface area contributed by atoms with Crippen molar-refractivity contribution < 1.29 is 8.81 Å². The molecule has 0 atom stereocenters. The molecule has 0 aliphatic carbocycles. The van der Waals surface area contributed by atoms with Crippen LogP contribution in [0.25, 0.3) is 11.5 Å². The van der Waals surface area contributed by atoms with Crippen LogP contribution in [0.1, 0.15) is 5.56 Å². The van der Waals surface area contributed by atoms with Gasteiger partial charge in [0.25, 0.3) is 5.22 Å². The number of halogens is 1. The predicted molar refractivity (Wildman–Crippen MR) is 92.3 cm³/mol. The molecule has 0 amide bonds. The van der Waals surface area contributed by atoms with Crippen LogP contribution in [0.15, 0.2) is 63.1 Å². The van der Waals surface area contributed by atoms with E-state index in [4.69, 9.17) is 4.42 Å². The minimum atomic E-state index is -0.210. The maximum Gasteiger partial charge on any atom is 0.276 e. The lowest BCUT2D eigenvalue weighted by Gasteiger charge is -1.99. The highest BCUT2D eigenvalue weighted by Gasteiger charge is 2.08. The van der Waals surface area contributed by atoms with Gasteiger partial charge in [0.15, 0.2) is 0 Å². The average molecular weight is 346 g/mol. The molecule has 1 heterocycles. The van der Waals surface area contributed by atoms with Gasteiger partial charge in [-0.25, -0.2) is 4.39 Å². The third-order valence-corrected chi connectivity index (χ3v) is 5.19. The lowest BCUT2D eigenvalue weighted by molar-refractivity contribution is 0.466. The molecular weight excluding hydrogens is 331 g/mol. The van der Waals surface area contributed by atoms with Crippen LogP contribution in [-0.2, 0) is 0 Å². The van der Waals surface area contributed by atoms with Crippen molar-refractivity contribution in [1.82, 2.24) is 10.2 Å². The molecule has 0 unspecified atom stereocenters. The zero-order valence-electron chi connectivity index (χ0n) is 12.5. The van der Waals surface area contributed by atoms with Crippen LogP contribution in [0, 0.1) is 12.7 Å². The van der Waals surface area contributed by atoms with Gasteiger partial charge < -0.3 is 4.42 Å². The van der Waals surface area contributed by atoms with Crippen LogP contribution in [0.2, 0.25) is 0 Å². The summed E-state index contributed by atoms with van der Waals surface area (Å²) < 4.78 is 18.5. The van der Waals surface area contributed by atoms with Crippen LogP contribution in [0.5, 0.6) is 0 Å². The molecule has 23 heavy (non-hydrogen) atoms. The van der Waals surface area contributed by atoms with Gasteiger partial charge in [-0.1, -0.05) is 29.5 Å². The number of aryl methyl sites for hydroxylation is 1. The van der Waals surface area contributed by atoms with Gasteiger partial charge in [-0.15, -0.1) is 22.0 Å². The summed E-state index contributed by atoms with van der Waals surface area (Å²) in [4.78, 5) is 1.05. The van der Waals surface area contributed by atoms with Crippen LogP contribution >= 0.6 is 23.5 Å². The van der Waals surface area contributed by atoms with Gasteiger partial charge in [0.05, 0.1) is 0 Å². The highest BCUT2D eigenvalue weighted by Crippen LogP contribution is 2.25. The van der Waals surface area contributed by atoms with E-state index in [0.29, 0.717) is 11.1 Å². The fraction of sp³-hybridized carbons (Fsp3) is 0.176. The smallest absolute Gasteiger partial charge is 0.276 e. The second-order valence-corrected chi connectivity index (χ2v) is 7.10. The van der Waals surface area contributed by atoms with E-state index in [1.54, 1.807) is 23.9 Å². The second-order valence-electron chi connectivity index (χ2n) is 4.89. The van der Waals surface area contributed by atoms with Crippen LogP contribution < -0.4 is 0 Å². The summed E-state index contributed by atoms with van der Waals surface area (Å²) in [5, 5.41) is 8.71. The first kappa shape index (κ1) is 16.1. The van der Waals surface area contributed by atoms with Gasteiger partial charge in [-0.2, -0.15) is 0 Å². The molecule has 3 nitrogen and oxygen atoms in total. The molecule has 3 aromatic rings. The third-order valence-electron chi connectivity index (χ3n) is 3.10. The molecule has 0 radical (unpaired) electrons. The Hall–Kier alpha value is -1.79. The molecule has 0 aliphatic rings. The summed E-state index contributed by atoms with van der Waals surface area (Å²) in [6.45, 7) is 2.04. The molecule has 0 saturated carbocycles. The molecule has 1 aromatic heterocycles. The van der Waals surface area contributed by atoms with E-state index in [1.807, 2.05) is 31.2 Å². The van der Waals surface area contributed by atoms with Gasteiger partial charge in [-0.3, -0.25) is 0 Å². The minimum Gasteiger partial charge on any atom is -0.411 e. The summed E-state index contributed by atoms with van der Waals surface area (Å²) in [6.07, 6.45) is 0. The Morgan fingerprint density at radius 1 is 0.913 bits per heavy atom. The van der Waals surface area contributed by atoms with E-state index >= 15 is 0 Å². The highest BCUT2D eigenvalue weighted by molar-refractivity contribution is 8.02. The first-order valence-corrected chi connectivity index (χ1v) is 9.09. The lowest BCUT2D eigenvalue weighted by Crippen LogP contribution is -1.84. The molecule has 0 saturated heterocycles. The monoisotopic (exact) mass is 346 g/mol. The highest BCUT2D eigenvalue weighted by atomic mass is 32.2. The summed E-state index contributed by atoms with van der Waals surface area (Å²) in [7, 11) is 0. The van der Waals surface area contributed by atoms with Crippen molar-refractivity contribution in [2.75, 3.05) is 11.5 Å². The molecule has 0 fully saturated rings. The Balaban J connectivity index is 1.49. The van der Waals surface area contributed by atoms with E-state index < -0.39 is 0 Å². The van der Waals surface area contributed by atoms with E-state index in [1.165, 1.54) is 29.5 Å². The summed E-state index contributed by atoms with van der Waals surface area (Å²) in [6, 6.07) is 14.5. The Morgan fingerprint density at radius 3 is 2.35 bits per heavy atom. The van der Waals surface area contributed by atoms with E-state index in [0.717, 1.165) is 22.0 Å². The topological polar surface area (TPSA) is 38.9 Å². The van der Waals surface area contributed by atoms with Gasteiger partial charge >= 0.3 is 0 Å². The first-order chi connectivity index (χ1) is 11.2. The Morgan fingerprint density at radius 2 is 1.61 bits per heavy atom. The van der Waals surface area contributed by atoms with Crippen molar-refractivity contribution in [3.63, 3.8) is 0 Å². The van der Waals surface area contributed by atoms with Crippen molar-refractivity contribution in [1.29, 1.82) is 0 Å². The molecule has 0 bridgehead atoms. The average Bonchev–Trinajstić information content (AvgIpc) is 3.03. The lowest BCUT2D eigenvalue weighted by atomic mass is 10.1. The number of thioether (sulfide) groups is 2. The van der Waals surface area contributed by atoms with Crippen molar-refractivity contribution in [2.24, 2.45) is 0 Å². The van der Waals surface area contributed by atoms with E-state index in [-0.39, 0.29) is 5.82 Å².